The van der Waals surface area contributed by atoms with E-state index in [1.807, 2.05) is 13.8 Å². The predicted molar refractivity (Wildman–Crippen MR) is 72.9 cm³/mol. The van der Waals surface area contributed by atoms with Crippen LogP contribution in [0.15, 0.2) is 0 Å². The van der Waals surface area contributed by atoms with Crippen molar-refractivity contribution in [1.82, 2.24) is 10.6 Å². The molecule has 0 fully saturated rings. The van der Waals surface area contributed by atoms with Crippen molar-refractivity contribution >= 4 is 12.1 Å². The highest BCUT2D eigenvalue weighted by Crippen LogP contribution is 2.06. The smallest absolute Gasteiger partial charge is 0.407 e. The molecule has 0 radical (unpaired) electrons. The fourth-order valence-electron chi connectivity index (χ4n) is 1.26. The first-order valence-corrected chi connectivity index (χ1v) is 6.43. The van der Waals surface area contributed by atoms with E-state index in [2.05, 4.69) is 15.4 Å². The predicted octanol–water partition coefficient (Wildman–Crippen LogP) is 1.30. The number of amides is 1. The van der Waals surface area contributed by atoms with E-state index in [0.717, 1.165) is 0 Å². The molecule has 0 rings (SSSR count). The lowest BCUT2D eigenvalue weighted by atomic mass is 10.2. The molecule has 6 nitrogen and oxygen atoms in total. The summed E-state index contributed by atoms with van der Waals surface area (Å²) in [5.74, 6) is -0.00890. The van der Waals surface area contributed by atoms with E-state index in [4.69, 9.17) is 4.74 Å². The average Bonchev–Trinajstić information content (AvgIpc) is 2.25. The number of hydrogen-bond donors (Lipinski definition) is 2. The molecule has 1 amide bonds. The van der Waals surface area contributed by atoms with Crippen molar-refractivity contribution < 1.29 is 19.1 Å². The van der Waals surface area contributed by atoms with Crippen molar-refractivity contribution in [2.45, 2.75) is 46.3 Å². The normalized spacial score (nSPS) is 13.0. The Morgan fingerprint density at radius 3 is 2.16 bits per heavy atom. The zero-order valence-corrected chi connectivity index (χ0v) is 12.7. The summed E-state index contributed by atoms with van der Waals surface area (Å²) in [5, 5.41) is 5.60. The summed E-state index contributed by atoms with van der Waals surface area (Å²) in [6.07, 6.45) is -0.548. The first-order valence-electron chi connectivity index (χ1n) is 6.43. The van der Waals surface area contributed by atoms with Crippen molar-refractivity contribution in [1.29, 1.82) is 0 Å². The molecule has 0 spiro atoms. The van der Waals surface area contributed by atoms with Crippen LogP contribution in [0.3, 0.4) is 0 Å². The third-order valence-electron chi connectivity index (χ3n) is 2.11. The van der Waals surface area contributed by atoms with Crippen LogP contribution in [0, 0.1) is 5.92 Å². The Balaban J connectivity index is 4.26. The van der Waals surface area contributed by atoms with Crippen molar-refractivity contribution in [3.63, 3.8) is 0 Å². The maximum atomic E-state index is 11.5. The number of hydrogen-bond acceptors (Lipinski definition) is 5. The fourth-order valence-corrected chi connectivity index (χ4v) is 1.26. The van der Waals surface area contributed by atoms with Gasteiger partial charge in [-0.1, -0.05) is 13.8 Å². The van der Waals surface area contributed by atoms with E-state index < -0.39 is 23.7 Å². The Bertz CT molecular complexity index is 298. The summed E-state index contributed by atoms with van der Waals surface area (Å²) in [7, 11) is 1.32. The molecule has 0 aromatic heterocycles. The topological polar surface area (TPSA) is 76.7 Å². The van der Waals surface area contributed by atoms with Gasteiger partial charge in [0.05, 0.1) is 7.11 Å². The summed E-state index contributed by atoms with van der Waals surface area (Å²) < 4.78 is 9.78. The number of carbonyl (C=O) groups excluding carboxylic acids is 2. The summed E-state index contributed by atoms with van der Waals surface area (Å²) in [6.45, 7) is 10.2. The van der Waals surface area contributed by atoms with Gasteiger partial charge in [0.25, 0.3) is 0 Å². The number of alkyl carbamates (subject to hydrolysis) is 1. The van der Waals surface area contributed by atoms with Gasteiger partial charge < -0.3 is 20.1 Å². The molecule has 0 aliphatic heterocycles. The molecule has 0 heterocycles. The Labute approximate surface area is 115 Å². The summed E-state index contributed by atoms with van der Waals surface area (Å²) in [4.78, 5) is 23.0. The number of carbonyl (C=O) groups is 2. The Morgan fingerprint density at radius 1 is 1.16 bits per heavy atom. The van der Waals surface area contributed by atoms with E-state index in [1.165, 1.54) is 7.11 Å². The van der Waals surface area contributed by atoms with Crippen LogP contribution in [-0.2, 0) is 14.3 Å². The first-order chi connectivity index (χ1) is 8.65. The number of esters is 1. The average molecular weight is 274 g/mol. The molecule has 0 aliphatic carbocycles. The quantitative estimate of drug-likeness (QED) is 0.714. The molecule has 1 atom stereocenters. The van der Waals surface area contributed by atoms with Gasteiger partial charge >= 0.3 is 12.1 Å². The van der Waals surface area contributed by atoms with Crippen LogP contribution in [0.1, 0.15) is 34.6 Å². The van der Waals surface area contributed by atoms with Crippen molar-refractivity contribution in [3.05, 3.63) is 0 Å². The molecule has 6 heteroatoms. The molecule has 19 heavy (non-hydrogen) atoms. The molecule has 2 N–H and O–H groups in total. The number of rotatable bonds is 6. The molecule has 0 saturated carbocycles. The van der Waals surface area contributed by atoms with Crippen molar-refractivity contribution in [2.75, 3.05) is 20.2 Å². The highest BCUT2D eigenvalue weighted by Gasteiger charge is 2.22. The second-order valence-corrected chi connectivity index (χ2v) is 5.76. The summed E-state index contributed by atoms with van der Waals surface area (Å²) >= 11 is 0. The maximum Gasteiger partial charge on any atom is 0.407 e. The molecule has 0 saturated heterocycles. The van der Waals surface area contributed by atoms with Crippen LogP contribution >= 0.6 is 0 Å². The minimum atomic E-state index is -0.570. The zero-order chi connectivity index (χ0) is 15.1. The Morgan fingerprint density at radius 2 is 1.74 bits per heavy atom. The van der Waals surface area contributed by atoms with Crippen LogP contribution in [0.25, 0.3) is 0 Å². The van der Waals surface area contributed by atoms with Crippen molar-refractivity contribution in [2.24, 2.45) is 5.92 Å². The minimum absolute atomic E-state index is 0.133. The first kappa shape index (κ1) is 17.7. The second kappa shape index (κ2) is 7.99. The third kappa shape index (κ3) is 9.30. The van der Waals surface area contributed by atoms with Gasteiger partial charge in [0.15, 0.2) is 0 Å². The van der Waals surface area contributed by atoms with Gasteiger partial charge in [0.2, 0.25) is 0 Å². The van der Waals surface area contributed by atoms with E-state index in [1.54, 1.807) is 20.8 Å². The van der Waals surface area contributed by atoms with Gasteiger partial charge in [0.1, 0.15) is 11.6 Å². The van der Waals surface area contributed by atoms with Gasteiger partial charge in [-0.25, -0.2) is 4.79 Å². The van der Waals surface area contributed by atoms with Gasteiger partial charge in [0, 0.05) is 6.54 Å². The molecular formula is C13H26N2O4. The number of nitrogens with one attached hydrogen (secondary N) is 2. The SMILES string of the molecule is COC(=O)[C@@H](CNC(=O)OC(C)(C)C)NCC(C)C. The highest BCUT2D eigenvalue weighted by atomic mass is 16.6. The largest absolute Gasteiger partial charge is 0.468 e. The fraction of sp³-hybridized carbons (Fsp3) is 0.846. The maximum absolute atomic E-state index is 11.5. The second-order valence-electron chi connectivity index (χ2n) is 5.76. The summed E-state index contributed by atoms with van der Waals surface area (Å²) in [6, 6.07) is -0.570. The third-order valence-corrected chi connectivity index (χ3v) is 2.11. The van der Waals surface area contributed by atoms with E-state index >= 15 is 0 Å². The van der Waals surface area contributed by atoms with Crippen LogP contribution in [0.2, 0.25) is 0 Å². The van der Waals surface area contributed by atoms with E-state index in [0.29, 0.717) is 12.5 Å². The van der Waals surface area contributed by atoms with E-state index in [-0.39, 0.29) is 6.54 Å². The molecule has 0 bridgehead atoms. The van der Waals surface area contributed by atoms with E-state index in [9.17, 15) is 9.59 Å². The molecule has 0 aromatic carbocycles. The molecule has 0 aliphatic rings. The lowest BCUT2D eigenvalue weighted by molar-refractivity contribution is -0.143. The number of ether oxygens (including phenoxy) is 2. The Kier molecular flexibility index (Phi) is 7.44. The zero-order valence-electron chi connectivity index (χ0n) is 12.7. The molecule has 112 valence electrons. The monoisotopic (exact) mass is 274 g/mol. The Hall–Kier alpha value is -1.30. The van der Waals surface area contributed by atoms with Gasteiger partial charge in [-0.15, -0.1) is 0 Å². The van der Waals surface area contributed by atoms with Crippen molar-refractivity contribution in [3.8, 4) is 0 Å². The van der Waals surface area contributed by atoms with Gasteiger partial charge in [-0.05, 0) is 33.2 Å². The lowest BCUT2D eigenvalue weighted by Crippen LogP contribution is -2.48. The molecule has 0 unspecified atom stereocenters. The standard InChI is InChI=1S/C13H26N2O4/c1-9(2)7-14-10(11(16)18-6)8-15-12(17)19-13(3,4)5/h9-10,14H,7-8H2,1-6H3,(H,15,17)/t10-/m1/s1. The molecule has 0 aromatic rings. The van der Waals surface area contributed by atoms with Crippen LogP contribution in [0.4, 0.5) is 4.79 Å². The number of methoxy groups -OCH3 is 1. The van der Waals surface area contributed by atoms with Crippen LogP contribution in [0.5, 0.6) is 0 Å². The highest BCUT2D eigenvalue weighted by molar-refractivity contribution is 5.77. The lowest BCUT2D eigenvalue weighted by Gasteiger charge is -2.22. The van der Waals surface area contributed by atoms with Gasteiger partial charge in [-0.2, -0.15) is 0 Å². The minimum Gasteiger partial charge on any atom is -0.468 e. The van der Waals surface area contributed by atoms with Gasteiger partial charge in [-0.3, -0.25) is 4.79 Å². The van der Waals surface area contributed by atoms with Crippen LogP contribution < -0.4 is 10.6 Å². The van der Waals surface area contributed by atoms with Crippen LogP contribution in [-0.4, -0.2) is 43.9 Å². The molecular weight excluding hydrogens is 248 g/mol. The summed E-state index contributed by atoms with van der Waals surface area (Å²) in [5.41, 5.74) is -0.559.